The Morgan fingerprint density at radius 2 is 2.15 bits per heavy atom. The number of rotatable bonds is 4. The molecule has 26 heavy (non-hydrogen) atoms. The minimum atomic E-state index is -0.469. The molecule has 0 radical (unpaired) electrons. The van der Waals surface area contributed by atoms with Crippen molar-refractivity contribution in [1.29, 1.82) is 0 Å². The average molecular weight is 360 g/mol. The predicted molar refractivity (Wildman–Crippen MR) is 101 cm³/mol. The van der Waals surface area contributed by atoms with E-state index in [0.29, 0.717) is 12.2 Å². The van der Waals surface area contributed by atoms with Crippen molar-refractivity contribution in [3.8, 4) is 0 Å². The molecule has 2 aliphatic rings. The quantitative estimate of drug-likeness (QED) is 0.797. The van der Waals surface area contributed by atoms with E-state index in [1.54, 1.807) is 6.07 Å². The van der Waals surface area contributed by atoms with Gasteiger partial charge < -0.3 is 20.7 Å². The van der Waals surface area contributed by atoms with Crippen LogP contribution < -0.4 is 11.1 Å². The van der Waals surface area contributed by atoms with Crippen LogP contribution in [-0.2, 0) is 11.3 Å². The standard InChI is InChI=1S/C19H28N4O3/c1-18(2,3)26-17(24)23-7-6-19(12-23)9-14(10-19)21-16-8-13(11-20)4-5-15(16)22-25/h4-5,8,14,21H,6-7,9-12,20H2,1-3H3/t14-,19-. The molecule has 1 aliphatic heterocycles. The first-order chi connectivity index (χ1) is 12.2. The van der Waals surface area contributed by atoms with Crippen molar-refractivity contribution in [2.75, 3.05) is 18.4 Å². The normalized spacial score (nSPS) is 25.1. The van der Waals surface area contributed by atoms with E-state index in [0.717, 1.165) is 43.6 Å². The van der Waals surface area contributed by atoms with E-state index < -0.39 is 5.60 Å². The van der Waals surface area contributed by atoms with E-state index in [-0.39, 0.29) is 17.6 Å². The van der Waals surface area contributed by atoms with Gasteiger partial charge in [-0.15, -0.1) is 4.91 Å². The maximum atomic E-state index is 12.2. The second-order valence-electron chi connectivity index (χ2n) is 8.55. The van der Waals surface area contributed by atoms with Gasteiger partial charge >= 0.3 is 6.09 Å². The molecule has 1 aliphatic carbocycles. The third-order valence-electron chi connectivity index (χ3n) is 5.20. The first-order valence-electron chi connectivity index (χ1n) is 9.14. The number of ether oxygens (including phenoxy) is 1. The zero-order chi connectivity index (χ0) is 18.9. The van der Waals surface area contributed by atoms with Gasteiger partial charge in [-0.2, -0.15) is 0 Å². The highest BCUT2D eigenvalue weighted by molar-refractivity contribution is 5.69. The Morgan fingerprint density at radius 3 is 2.77 bits per heavy atom. The number of nitrogens with two attached hydrogens (primary N) is 1. The van der Waals surface area contributed by atoms with Crippen molar-refractivity contribution in [2.24, 2.45) is 16.3 Å². The van der Waals surface area contributed by atoms with Gasteiger partial charge in [-0.1, -0.05) is 6.07 Å². The number of carbonyl (C=O) groups is 1. The van der Waals surface area contributed by atoms with E-state index in [1.807, 2.05) is 37.8 Å². The van der Waals surface area contributed by atoms with Crippen molar-refractivity contribution < 1.29 is 9.53 Å². The zero-order valence-electron chi connectivity index (χ0n) is 15.7. The molecule has 1 amide bonds. The van der Waals surface area contributed by atoms with Crippen molar-refractivity contribution in [2.45, 2.75) is 58.2 Å². The minimum Gasteiger partial charge on any atom is -0.444 e. The Bertz CT molecular complexity index is 693. The van der Waals surface area contributed by atoms with Crippen LogP contribution in [0.4, 0.5) is 16.2 Å². The molecule has 7 heteroatoms. The Kier molecular flexibility index (Phi) is 4.92. The lowest BCUT2D eigenvalue weighted by Gasteiger charge is -2.45. The van der Waals surface area contributed by atoms with Gasteiger partial charge in [0.1, 0.15) is 11.3 Å². The second-order valence-corrected chi connectivity index (χ2v) is 8.55. The highest BCUT2D eigenvalue weighted by Crippen LogP contribution is 2.49. The topological polar surface area (TPSA) is 97.0 Å². The number of hydrogen-bond acceptors (Lipinski definition) is 6. The van der Waals surface area contributed by atoms with Crippen LogP contribution in [0.5, 0.6) is 0 Å². The molecule has 7 nitrogen and oxygen atoms in total. The van der Waals surface area contributed by atoms with Crippen LogP contribution in [0.3, 0.4) is 0 Å². The summed E-state index contributed by atoms with van der Waals surface area (Å²) in [6, 6.07) is 5.69. The fraction of sp³-hybridized carbons (Fsp3) is 0.632. The third kappa shape index (κ3) is 3.98. The van der Waals surface area contributed by atoms with E-state index in [2.05, 4.69) is 10.5 Å². The van der Waals surface area contributed by atoms with Crippen LogP contribution in [-0.4, -0.2) is 35.7 Å². The lowest BCUT2D eigenvalue weighted by atomic mass is 9.65. The summed E-state index contributed by atoms with van der Waals surface area (Å²) in [6.45, 7) is 7.55. The summed E-state index contributed by atoms with van der Waals surface area (Å²) in [5.74, 6) is 0. The number of nitrogens with one attached hydrogen (secondary N) is 1. The van der Waals surface area contributed by atoms with Gasteiger partial charge in [0.15, 0.2) is 0 Å². The number of anilines is 1. The van der Waals surface area contributed by atoms with E-state index in [9.17, 15) is 9.70 Å². The molecule has 1 saturated carbocycles. The number of likely N-dealkylation sites (tertiary alicyclic amines) is 1. The molecule has 3 N–H and O–H groups in total. The molecular weight excluding hydrogens is 332 g/mol. The lowest BCUT2D eigenvalue weighted by Crippen LogP contribution is -2.47. The summed E-state index contributed by atoms with van der Waals surface area (Å²) in [7, 11) is 0. The molecule has 2 fully saturated rings. The molecule has 1 saturated heterocycles. The van der Waals surface area contributed by atoms with E-state index in [4.69, 9.17) is 10.5 Å². The van der Waals surface area contributed by atoms with Gasteiger partial charge in [0.05, 0.1) is 5.69 Å². The molecule has 1 aromatic rings. The number of carbonyl (C=O) groups excluding carboxylic acids is 1. The van der Waals surface area contributed by atoms with Gasteiger partial charge in [-0.3, -0.25) is 0 Å². The fourth-order valence-electron chi connectivity index (χ4n) is 3.96. The number of hydrogen-bond donors (Lipinski definition) is 2. The summed E-state index contributed by atoms with van der Waals surface area (Å²) in [6.07, 6.45) is 2.70. The van der Waals surface area contributed by atoms with Crippen LogP contribution in [0.2, 0.25) is 0 Å². The van der Waals surface area contributed by atoms with Crippen molar-refractivity contribution in [3.05, 3.63) is 28.7 Å². The second kappa shape index (κ2) is 6.87. The van der Waals surface area contributed by atoms with Crippen LogP contribution in [0.25, 0.3) is 0 Å². The Morgan fingerprint density at radius 1 is 1.42 bits per heavy atom. The maximum absolute atomic E-state index is 12.2. The van der Waals surface area contributed by atoms with Gasteiger partial charge in [-0.05, 0) is 68.3 Å². The SMILES string of the molecule is CC(C)(C)OC(=O)N1CC[C@]2(C1)C[C@H](Nc1cc(CN)ccc1N=O)C2. The smallest absolute Gasteiger partial charge is 0.410 e. The van der Waals surface area contributed by atoms with Crippen molar-refractivity contribution >= 4 is 17.5 Å². The summed E-state index contributed by atoms with van der Waals surface area (Å²) < 4.78 is 5.47. The van der Waals surface area contributed by atoms with E-state index in [1.165, 1.54) is 0 Å². The Hall–Kier alpha value is -2.15. The Balaban J connectivity index is 1.56. The predicted octanol–water partition coefficient (Wildman–Crippen LogP) is 3.74. The first-order valence-corrected chi connectivity index (χ1v) is 9.14. The number of benzene rings is 1. The van der Waals surface area contributed by atoms with Gasteiger partial charge in [0.25, 0.3) is 0 Å². The minimum absolute atomic E-state index is 0.162. The zero-order valence-corrected chi connectivity index (χ0v) is 15.7. The molecule has 142 valence electrons. The van der Waals surface area contributed by atoms with Crippen molar-refractivity contribution in [1.82, 2.24) is 4.90 Å². The largest absolute Gasteiger partial charge is 0.444 e. The van der Waals surface area contributed by atoms with Crippen LogP contribution in [0, 0.1) is 10.3 Å². The molecule has 1 spiro atoms. The third-order valence-corrected chi connectivity index (χ3v) is 5.20. The number of nitrogens with zero attached hydrogens (tertiary/aromatic N) is 2. The van der Waals surface area contributed by atoms with Gasteiger partial charge in [-0.25, -0.2) is 4.79 Å². The molecular formula is C19H28N4O3. The molecule has 0 unspecified atom stereocenters. The van der Waals surface area contributed by atoms with Crippen LogP contribution in [0.1, 0.15) is 45.6 Å². The molecule has 3 rings (SSSR count). The maximum Gasteiger partial charge on any atom is 0.410 e. The number of nitroso groups, excluding NO2 is 1. The molecule has 0 bridgehead atoms. The van der Waals surface area contributed by atoms with E-state index >= 15 is 0 Å². The average Bonchev–Trinajstić information content (AvgIpc) is 2.98. The molecule has 0 atom stereocenters. The Labute approximate surface area is 154 Å². The van der Waals surface area contributed by atoms with Gasteiger partial charge in [0, 0.05) is 25.7 Å². The number of amides is 1. The highest BCUT2D eigenvalue weighted by atomic mass is 16.6. The van der Waals surface area contributed by atoms with Crippen molar-refractivity contribution in [3.63, 3.8) is 0 Å². The first kappa shape index (κ1) is 18.6. The summed E-state index contributed by atoms with van der Waals surface area (Å²) in [5.41, 5.74) is 7.49. The molecule has 0 aromatic heterocycles. The summed E-state index contributed by atoms with van der Waals surface area (Å²) >= 11 is 0. The summed E-state index contributed by atoms with van der Waals surface area (Å²) in [4.78, 5) is 25.1. The van der Waals surface area contributed by atoms with Crippen LogP contribution >= 0.6 is 0 Å². The highest BCUT2D eigenvalue weighted by Gasteiger charge is 2.50. The fourth-order valence-corrected chi connectivity index (χ4v) is 3.96. The monoisotopic (exact) mass is 360 g/mol. The van der Waals surface area contributed by atoms with Gasteiger partial charge in [0.2, 0.25) is 0 Å². The summed E-state index contributed by atoms with van der Waals surface area (Å²) in [5, 5.41) is 6.52. The molecule has 1 aromatic carbocycles. The molecule has 1 heterocycles. The lowest BCUT2D eigenvalue weighted by molar-refractivity contribution is 0.0237. The van der Waals surface area contributed by atoms with Crippen LogP contribution in [0.15, 0.2) is 23.4 Å².